The first-order valence-corrected chi connectivity index (χ1v) is 9.79. The first-order chi connectivity index (χ1) is 16.3. The monoisotopic (exact) mass is 415 g/mol. The van der Waals surface area contributed by atoms with Crippen molar-refractivity contribution in [1.82, 2.24) is 24.7 Å². The van der Waals surface area contributed by atoms with Crippen LogP contribution < -0.4 is 5.32 Å². The maximum absolute atomic E-state index is 13.5. The number of hydrogen-bond acceptors (Lipinski definition) is 4. The lowest BCUT2D eigenvalue weighted by molar-refractivity contribution is 0.626. The first kappa shape index (κ1) is 15.8. The minimum atomic E-state index is -2.36. The molecule has 0 unspecified atom stereocenters. The zero-order valence-electron chi connectivity index (χ0n) is 19.7. The molecule has 2 N–H and O–H groups in total. The van der Waals surface area contributed by atoms with Crippen molar-refractivity contribution in [2.24, 2.45) is 6.98 Å². The lowest BCUT2D eigenvalue weighted by Gasteiger charge is -2.04. The summed E-state index contributed by atoms with van der Waals surface area (Å²) in [5.41, 5.74) is 5.04. The fraction of sp³-hybridized carbons (Fsp3) is 0.125. The summed E-state index contributed by atoms with van der Waals surface area (Å²) in [5, 5.41) is 7.94. The second-order valence-electron chi connectivity index (χ2n) is 7.29. The van der Waals surface area contributed by atoms with Gasteiger partial charge in [0.2, 0.25) is 5.95 Å². The molecule has 0 radical (unpaired) electrons. The number of H-pyrrole nitrogens is 1. The Morgan fingerprint density at radius 2 is 2.00 bits per heavy atom. The second-order valence-corrected chi connectivity index (χ2v) is 7.29. The number of nitrogens with zero attached hydrogens (tertiary/aromatic N) is 4. The fourth-order valence-electron chi connectivity index (χ4n) is 3.55. The predicted octanol–water partition coefficient (Wildman–Crippen LogP) is 5.09. The highest BCUT2D eigenvalue weighted by atomic mass is 19.1. The molecule has 6 nitrogen and oxygen atoms in total. The molecule has 31 heavy (non-hydrogen) atoms. The predicted molar refractivity (Wildman–Crippen MR) is 120 cm³/mol. The van der Waals surface area contributed by atoms with Gasteiger partial charge in [-0.3, -0.25) is 9.67 Å². The average molecular weight is 415 g/mol. The molecular formula is C24H21FN6. The van der Waals surface area contributed by atoms with Crippen LogP contribution in [-0.4, -0.2) is 24.7 Å². The summed E-state index contributed by atoms with van der Waals surface area (Å²) >= 11 is 0. The van der Waals surface area contributed by atoms with E-state index < -0.39 is 6.98 Å². The van der Waals surface area contributed by atoms with E-state index >= 15 is 0 Å². The van der Waals surface area contributed by atoms with E-state index in [0.29, 0.717) is 34.8 Å². The first-order valence-electron chi connectivity index (χ1n) is 11.3. The van der Waals surface area contributed by atoms with Crippen molar-refractivity contribution < 1.29 is 8.50 Å². The van der Waals surface area contributed by atoms with Crippen molar-refractivity contribution in [3.05, 3.63) is 83.9 Å². The Morgan fingerprint density at radius 3 is 2.84 bits per heavy atom. The van der Waals surface area contributed by atoms with Gasteiger partial charge in [0.25, 0.3) is 0 Å². The lowest BCUT2D eigenvalue weighted by atomic mass is 10.1. The van der Waals surface area contributed by atoms with Crippen molar-refractivity contribution in [2.75, 3.05) is 5.32 Å². The van der Waals surface area contributed by atoms with Gasteiger partial charge in [-0.15, -0.1) is 0 Å². The molecule has 7 heteroatoms. The van der Waals surface area contributed by atoms with Crippen LogP contribution in [0.3, 0.4) is 0 Å². The average Bonchev–Trinajstić information content (AvgIpc) is 3.42. The largest absolute Gasteiger partial charge is 0.352 e. The van der Waals surface area contributed by atoms with Gasteiger partial charge in [-0.1, -0.05) is 24.3 Å². The van der Waals surface area contributed by atoms with E-state index in [1.54, 1.807) is 12.1 Å². The topological polar surface area (TPSA) is 71.4 Å². The molecule has 0 aliphatic carbocycles. The number of fused-ring (bicyclic) bond motifs is 1. The molecule has 0 aliphatic heterocycles. The van der Waals surface area contributed by atoms with Crippen LogP contribution in [0.4, 0.5) is 10.3 Å². The Hall–Kier alpha value is -4.00. The summed E-state index contributed by atoms with van der Waals surface area (Å²) in [5.74, 6) is 0.214. The highest BCUT2D eigenvalue weighted by molar-refractivity contribution is 5.87. The third kappa shape index (κ3) is 3.77. The summed E-state index contributed by atoms with van der Waals surface area (Å²) in [4.78, 5) is 12.7. The number of aromatic amines is 1. The van der Waals surface area contributed by atoms with Crippen molar-refractivity contribution in [2.45, 2.75) is 13.5 Å². The third-order valence-electron chi connectivity index (χ3n) is 5.04. The third-order valence-corrected chi connectivity index (χ3v) is 5.04. The molecule has 0 atom stereocenters. The van der Waals surface area contributed by atoms with E-state index in [4.69, 9.17) is 9.10 Å². The highest BCUT2D eigenvalue weighted by Crippen LogP contribution is 2.32. The number of aromatic nitrogens is 5. The number of nitrogens with one attached hydrogen (secondary N) is 2. The van der Waals surface area contributed by atoms with Crippen LogP contribution in [0.25, 0.3) is 33.5 Å². The molecule has 0 fully saturated rings. The van der Waals surface area contributed by atoms with Gasteiger partial charge in [0.05, 0.1) is 28.8 Å². The number of rotatable bonds is 5. The van der Waals surface area contributed by atoms with E-state index in [-0.39, 0.29) is 5.82 Å². The summed E-state index contributed by atoms with van der Waals surface area (Å²) < 4.78 is 37.6. The number of halogens is 1. The van der Waals surface area contributed by atoms with Crippen LogP contribution in [0, 0.1) is 12.7 Å². The Bertz CT molecular complexity index is 1490. The van der Waals surface area contributed by atoms with E-state index in [9.17, 15) is 4.39 Å². The van der Waals surface area contributed by atoms with Crippen LogP contribution in [0.15, 0.2) is 66.9 Å². The summed E-state index contributed by atoms with van der Waals surface area (Å²) in [6.07, 6.45) is 1.53. The van der Waals surface area contributed by atoms with Crippen molar-refractivity contribution >= 4 is 16.9 Å². The molecule has 0 saturated heterocycles. The molecular weight excluding hydrogens is 391 g/mol. The Morgan fingerprint density at radius 1 is 1.10 bits per heavy atom. The molecule has 3 heterocycles. The molecule has 0 amide bonds. The molecule has 2 aromatic carbocycles. The summed E-state index contributed by atoms with van der Waals surface area (Å²) in [6.45, 7) is -0.0616. The smallest absolute Gasteiger partial charge is 0.201 e. The molecule has 0 spiro atoms. The van der Waals surface area contributed by atoms with Crippen molar-refractivity contribution in [3.8, 4) is 22.6 Å². The molecule has 0 saturated carbocycles. The molecule has 154 valence electrons. The maximum Gasteiger partial charge on any atom is 0.201 e. The number of pyridine rings is 1. The number of benzene rings is 2. The molecule has 0 aliphatic rings. The van der Waals surface area contributed by atoms with Crippen LogP contribution in [0.1, 0.15) is 15.4 Å². The number of anilines is 1. The number of aryl methyl sites for hydroxylation is 2. The van der Waals surface area contributed by atoms with Crippen molar-refractivity contribution in [1.29, 1.82) is 0 Å². The summed E-state index contributed by atoms with van der Waals surface area (Å²) in [6, 6.07) is 17.5. The van der Waals surface area contributed by atoms with Gasteiger partial charge in [-0.05, 0) is 48.9 Å². The Balaban J connectivity index is 1.56. The number of imidazole rings is 1. The van der Waals surface area contributed by atoms with Gasteiger partial charge in [-0.2, -0.15) is 5.10 Å². The Kier molecular flexibility index (Phi) is 3.91. The van der Waals surface area contributed by atoms with E-state index in [1.807, 2.05) is 43.3 Å². The summed E-state index contributed by atoms with van der Waals surface area (Å²) in [7, 11) is 0. The van der Waals surface area contributed by atoms with E-state index in [0.717, 1.165) is 27.2 Å². The Labute approximate surface area is 183 Å². The van der Waals surface area contributed by atoms with Gasteiger partial charge in [0.15, 0.2) is 0 Å². The molecule has 0 bridgehead atoms. The fourth-order valence-corrected chi connectivity index (χ4v) is 3.55. The van der Waals surface area contributed by atoms with Crippen LogP contribution >= 0.6 is 0 Å². The minimum absolute atomic E-state index is 0.296. The molecule has 3 aromatic heterocycles. The zero-order valence-corrected chi connectivity index (χ0v) is 16.7. The van der Waals surface area contributed by atoms with Gasteiger partial charge >= 0.3 is 0 Å². The van der Waals surface area contributed by atoms with Gasteiger partial charge < -0.3 is 10.3 Å². The lowest BCUT2D eigenvalue weighted by Crippen LogP contribution is -2.01. The van der Waals surface area contributed by atoms with Crippen molar-refractivity contribution in [3.63, 3.8) is 0 Å². The second kappa shape index (κ2) is 7.68. The number of hydrogen-bond donors (Lipinski definition) is 2. The zero-order chi connectivity index (χ0) is 23.9. The quantitative estimate of drug-likeness (QED) is 0.420. The van der Waals surface area contributed by atoms with Crippen LogP contribution in [0.5, 0.6) is 0 Å². The maximum atomic E-state index is 13.5. The minimum Gasteiger partial charge on any atom is -0.352 e. The van der Waals surface area contributed by atoms with Gasteiger partial charge in [0, 0.05) is 34.3 Å². The van der Waals surface area contributed by atoms with Gasteiger partial charge in [0.1, 0.15) is 5.82 Å². The molecule has 5 rings (SSSR count). The van der Waals surface area contributed by atoms with E-state index in [2.05, 4.69) is 20.4 Å². The van der Waals surface area contributed by atoms with Crippen LogP contribution in [0.2, 0.25) is 0 Å². The highest BCUT2D eigenvalue weighted by Gasteiger charge is 2.16. The van der Waals surface area contributed by atoms with Gasteiger partial charge in [-0.25, -0.2) is 9.37 Å². The molecule has 5 aromatic rings. The standard InChI is InChI=1S/C24H21FN6/c1-15-5-3-8-20(28-15)23-22(17-9-10-21-18(12-17)14-27-31(21)2)29-24(30-23)26-13-16-6-4-7-19(25)11-16/h3-12,14H,13H2,1-2H3,(H2,26,29,30)/i2D3. The van der Waals surface area contributed by atoms with Crippen LogP contribution in [-0.2, 0) is 13.5 Å². The normalized spacial score (nSPS) is 13.0. The SMILES string of the molecule is [2H]C([2H])([2H])n1ncc2cc(-c3nc(NCc4cccc(F)c4)[nH]c3-c3cccc(C)n3)ccc21. The van der Waals surface area contributed by atoms with E-state index in [1.165, 1.54) is 18.3 Å².